The number of anilines is 8. The first-order valence-electron chi connectivity index (χ1n) is 16.2. The van der Waals surface area contributed by atoms with Crippen molar-refractivity contribution in [1.82, 2.24) is 9.97 Å². The SMILES string of the molecule is O=P1(c2ccc(P3(=O)N(c4ccccc4)c4cccnc4N3c3ccccc3)cc2)N(c2ccccc2)c2cccnc2N1c1ccccc1. The molecule has 5 aromatic carbocycles. The van der Waals surface area contributed by atoms with Gasteiger partial charge in [0, 0.05) is 23.8 Å². The molecular weight excluding hydrogens is 658 g/mol. The second kappa shape index (κ2) is 11.9. The van der Waals surface area contributed by atoms with Crippen LogP contribution in [-0.2, 0) is 9.13 Å². The molecule has 2 aliphatic rings. The van der Waals surface area contributed by atoms with E-state index in [0.29, 0.717) is 22.2 Å². The summed E-state index contributed by atoms with van der Waals surface area (Å²) in [7, 11) is -7.34. The maximum absolute atomic E-state index is 16.1. The maximum atomic E-state index is 16.1. The van der Waals surface area contributed by atoms with E-state index in [-0.39, 0.29) is 0 Å². The first-order valence-corrected chi connectivity index (χ1v) is 19.5. The molecule has 0 spiro atoms. The minimum Gasteiger partial charge on any atom is -0.269 e. The minimum absolute atomic E-state index is 0.575. The van der Waals surface area contributed by atoms with Gasteiger partial charge in [0.15, 0.2) is 11.6 Å². The molecule has 242 valence electrons. The van der Waals surface area contributed by atoms with E-state index in [1.165, 1.54) is 0 Å². The number of rotatable bonds is 6. The van der Waals surface area contributed by atoms with E-state index in [1.807, 2.05) is 189 Å². The van der Waals surface area contributed by atoms with E-state index in [2.05, 4.69) is 0 Å². The van der Waals surface area contributed by atoms with E-state index in [0.717, 1.165) is 34.1 Å². The van der Waals surface area contributed by atoms with Crippen molar-refractivity contribution in [3.05, 3.63) is 182 Å². The van der Waals surface area contributed by atoms with Crippen molar-refractivity contribution in [2.45, 2.75) is 0 Å². The lowest BCUT2D eigenvalue weighted by atomic mass is 10.3. The molecule has 10 heteroatoms. The standard InChI is InChI=1S/C40H30N6O2P2/c47-49(43(31-15-5-1-6-16-31)37-23-13-29-41-39(37)45(49)33-19-9-3-10-20-33)35-25-27-36(28-26-35)50(48)44(32-17-7-2-8-18-32)38-24-14-30-42-40(38)46(50)34-21-11-4-12-22-34/h1-30H. The van der Waals surface area contributed by atoms with Crippen molar-refractivity contribution in [1.29, 1.82) is 0 Å². The Morgan fingerprint density at radius 3 is 0.960 bits per heavy atom. The van der Waals surface area contributed by atoms with Crippen LogP contribution in [0.25, 0.3) is 0 Å². The summed E-state index contributed by atoms with van der Waals surface area (Å²) in [5, 5.41) is 1.15. The van der Waals surface area contributed by atoms with E-state index >= 15 is 9.13 Å². The second-order valence-electron chi connectivity index (χ2n) is 11.9. The van der Waals surface area contributed by atoms with Gasteiger partial charge in [-0.1, -0.05) is 72.8 Å². The molecule has 2 aliphatic heterocycles. The van der Waals surface area contributed by atoms with E-state index in [1.54, 1.807) is 12.4 Å². The fourth-order valence-corrected chi connectivity index (χ4v) is 12.8. The largest absolute Gasteiger partial charge is 0.302 e. The third kappa shape index (κ3) is 4.46. The van der Waals surface area contributed by atoms with Crippen LogP contribution in [0.4, 0.5) is 45.8 Å². The van der Waals surface area contributed by atoms with Gasteiger partial charge in [-0.2, -0.15) is 0 Å². The third-order valence-electron chi connectivity index (χ3n) is 9.00. The average Bonchev–Trinajstić information content (AvgIpc) is 3.62. The van der Waals surface area contributed by atoms with Gasteiger partial charge in [0.25, 0.3) is 0 Å². The lowest BCUT2D eigenvalue weighted by Crippen LogP contribution is -2.30. The van der Waals surface area contributed by atoms with Gasteiger partial charge in [-0.3, -0.25) is 27.8 Å². The van der Waals surface area contributed by atoms with Crippen molar-refractivity contribution < 1.29 is 9.13 Å². The molecule has 50 heavy (non-hydrogen) atoms. The molecule has 4 heterocycles. The van der Waals surface area contributed by atoms with E-state index < -0.39 is 14.9 Å². The summed E-state index contributed by atoms with van der Waals surface area (Å²) in [5.74, 6) is 1.20. The van der Waals surface area contributed by atoms with Gasteiger partial charge < -0.3 is 0 Å². The zero-order chi connectivity index (χ0) is 33.7. The molecule has 0 aliphatic carbocycles. The molecule has 8 nitrogen and oxygen atoms in total. The highest BCUT2D eigenvalue weighted by molar-refractivity contribution is 7.76. The van der Waals surface area contributed by atoms with Crippen molar-refractivity contribution in [3.63, 3.8) is 0 Å². The Labute approximate surface area is 290 Å². The van der Waals surface area contributed by atoms with Crippen LogP contribution in [0, 0.1) is 0 Å². The first kappa shape index (κ1) is 30.1. The first-order chi connectivity index (χ1) is 24.6. The molecule has 0 fully saturated rings. The summed E-state index contributed by atoms with van der Waals surface area (Å²) in [6.45, 7) is 0. The van der Waals surface area contributed by atoms with Crippen LogP contribution in [-0.4, -0.2) is 9.97 Å². The number of pyridine rings is 2. The Balaban J connectivity index is 1.25. The Hall–Kier alpha value is -5.94. The fraction of sp³-hybridized carbons (Fsp3) is 0. The quantitative estimate of drug-likeness (QED) is 0.160. The van der Waals surface area contributed by atoms with Crippen LogP contribution in [0.5, 0.6) is 0 Å². The molecule has 0 N–H and O–H groups in total. The zero-order valence-electron chi connectivity index (χ0n) is 26.7. The van der Waals surface area contributed by atoms with Crippen molar-refractivity contribution in [2.24, 2.45) is 0 Å². The normalized spacial score (nSPS) is 19.4. The van der Waals surface area contributed by atoms with Gasteiger partial charge in [0.1, 0.15) is 0 Å². The highest BCUT2D eigenvalue weighted by Gasteiger charge is 2.52. The minimum atomic E-state index is -3.67. The van der Waals surface area contributed by atoms with Crippen molar-refractivity contribution in [2.75, 3.05) is 18.7 Å². The molecule has 2 aromatic heterocycles. The lowest BCUT2D eigenvalue weighted by Gasteiger charge is -2.34. The monoisotopic (exact) mass is 688 g/mol. The Bertz CT molecular complexity index is 2100. The average molecular weight is 689 g/mol. The number of aromatic nitrogens is 2. The van der Waals surface area contributed by atoms with Gasteiger partial charge >= 0.3 is 14.9 Å². The number of benzene rings is 5. The highest BCUT2D eigenvalue weighted by Crippen LogP contribution is 2.71. The zero-order valence-corrected chi connectivity index (χ0v) is 28.5. The van der Waals surface area contributed by atoms with Crippen LogP contribution < -0.4 is 29.3 Å². The lowest BCUT2D eigenvalue weighted by molar-refractivity contribution is 0.581. The van der Waals surface area contributed by atoms with Crippen molar-refractivity contribution >= 4 is 71.3 Å². The second-order valence-corrected chi connectivity index (χ2v) is 16.7. The van der Waals surface area contributed by atoms with Gasteiger partial charge in [0.2, 0.25) is 0 Å². The van der Waals surface area contributed by atoms with Gasteiger partial charge in [-0.15, -0.1) is 0 Å². The van der Waals surface area contributed by atoms with Crippen molar-refractivity contribution in [3.8, 4) is 0 Å². The number of para-hydroxylation sites is 4. The molecule has 0 bridgehead atoms. The predicted octanol–water partition coefficient (Wildman–Crippen LogP) is 10.1. The van der Waals surface area contributed by atoms with Crippen LogP contribution in [0.15, 0.2) is 182 Å². The molecule has 0 amide bonds. The van der Waals surface area contributed by atoms with Gasteiger partial charge in [-0.25, -0.2) is 9.97 Å². The molecule has 7 aromatic rings. The van der Waals surface area contributed by atoms with Crippen LogP contribution >= 0.6 is 14.9 Å². The van der Waals surface area contributed by atoms with Crippen LogP contribution in [0.2, 0.25) is 0 Å². The maximum Gasteiger partial charge on any atom is 0.302 e. The Morgan fingerprint density at radius 2 is 0.640 bits per heavy atom. The summed E-state index contributed by atoms with van der Waals surface area (Å²) in [5.41, 5.74) is 4.56. The smallest absolute Gasteiger partial charge is 0.269 e. The molecule has 0 saturated heterocycles. The molecule has 2 atom stereocenters. The van der Waals surface area contributed by atoms with Crippen LogP contribution in [0.3, 0.4) is 0 Å². The Kier molecular flexibility index (Phi) is 7.16. The highest BCUT2D eigenvalue weighted by atomic mass is 31.2. The summed E-state index contributed by atoms with van der Waals surface area (Å²) in [6.07, 6.45) is 3.45. The van der Waals surface area contributed by atoms with E-state index in [9.17, 15) is 0 Å². The summed E-state index contributed by atoms with van der Waals surface area (Å²) >= 11 is 0. The molecular formula is C40H30N6O2P2. The number of nitrogens with zero attached hydrogens (tertiary/aromatic N) is 6. The Morgan fingerprint density at radius 1 is 0.340 bits per heavy atom. The third-order valence-corrected chi connectivity index (χ3v) is 14.8. The van der Waals surface area contributed by atoms with Gasteiger partial charge in [-0.05, 0) is 97.1 Å². The topological polar surface area (TPSA) is 72.9 Å². The summed E-state index contributed by atoms with van der Waals surface area (Å²) < 4.78 is 39.7. The van der Waals surface area contributed by atoms with Gasteiger partial charge in [0.05, 0.1) is 33.4 Å². The predicted molar refractivity (Wildman–Crippen MR) is 204 cm³/mol. The molecule has 2 unspecified atom stereocenters. The number of fused-ring (bicyclic) bond motifs is 2. The molecule has 0 saturated carbocycles. The fourth-order valence-electron chi connectivity index (χ4n) is 6.89. The van der Waals surface area contributed by atoms with E-state index in [4.69, 9.17) is 9.97 Å². The number of hydrogen-bond donors (Lipinski definition) is 0. The molecule has 9 rings (SSSR count). The summed E-state index contributed by atoms with van der Waals surface area (Å²) in [6, 6.07) is 54.0. The summed E-state index contributed by atoms with van der Waals surface area (Å²) in [4.78, 5) is 9.53. The number of hydrogen-bond acceptors (Lipinski definition) is 4. The van der Waals surface area contributed by atoms with Crippen LogP contribution in [0.1, 0.15) is 0 Å². The molecule has 0 radical (unpaired) electrons.